The monoisotopic (exact) mass is 553 g/mol. The van der Waals surface area contributed by atoms with Crippen molar-refractivity contribution >= 4 is 17.9 Å². The lowest BCUT2D eigenvalue weighted by Crippen LogP contribution is -2.51. The molecule has 39 heavy (non-hydrogen) atoms. The first-order chi connectivity index (χ1) is 18.8. The van der Waals surface area contributed by atoms with Gasteiger partial charge in [0.25, 0.3) is 0 Å². The van der Waals surface area contributed by atoms with E-state index in [1.807, 2.05) is 0 Å². The van der Waals surface area contributed by atoms with Crippen LogP contribution in [0.3, 0.4) is 0 Å². The lowest BCUT2D eigenvalue weighted by atomic mass is 10.0. The van der Waals surface area contributed by atoms with Gasteiger partial charge in [0, 0.05) is 25.2 Å². The molecule has 0 rings (SSSR count). The first-order valence-corrected chi connectivity index (χ1v) is 15.9. The summed E-state index contributed by atoms with van der Waals surface area (Å²) in [6.07, 6.45) is 26.5. The molecule has 7 nitrogen and oxygen atoms in total. The predicted octanol–water partition coefficient (Wildman–Crippen LogP) is 6.88. The van der Waals surface area contributed by atoms with E-state index in [1.54, 1.807) is 0 Å². The maximum Gasteiger partial charge on any atom is 0.303 e. The van der Waals surface area contributed by atoms with Crippen LogP contribution in [0.15, 0.2) is 12.2 Å². The van der Waals surface area contributed by atoms with Crippen molar-refractivity contribution in [3.05, 3.63) is 12.2 Å². The SMILES string of the molecule is CCC/C=C/CCCCCCCCCCCCCCC[N+](CCCC(=O)[O-])(CCCC(=O)O)CCCC(=O)O. The average molecular weight is 554 g/mol. The quantitative estimate of drug-likeness (QED) is 0.0569. The van der Waals surface area contributed by atoms with Crippen LogP contribution in [0.2, 0.25) is 0 Å². The molecule has 0 amide bonds. The molecule has 0 aliphatic heterocycles. The van der Waals surface area contributed by atoms with Crippen LogP contribution in [0.25, 0.3) is 0 Å². The van der Waals surface area contributed by atoms with Gasteiger partial charge in [0.15, 0.2) is 0 Å². The zero-order valence-corrected chi connectivity index (χ0v) is 25.0. The van der Waals surface area contributed by atoms with Crippen LogP contribution in [-0.4, -0.2) is 58.8 Å². The highest BCUT2D eigenvalue weighted by atomic mass is 16.4. The van der Waals surface area contributed by atoms with Gasteiger partial charge in [-0.15, -0.1) is 0 Å². The Morgan fingerprint density at radius 2 is 0.897 bits per heavy atom. The Hall–Kier alpha value is -1.89. The number of hydrogen-bond donors (Lipinski definition) is 2. The smallest absolute Gasteiger partial charge is 0.303 e. The van der Waals surface area contributed by atoms with Crippen molar-refractivity contribution in [2.45, 2.75) is 148 Å². The minimum absolute atomic E-state index is 0.0193. The largest absolute Gasteiger partial charge is 0.550 e. The number of carbonyl (C=O) groups is 3. The number of nitrogens with zero attached hydrogens (tertiary/aromatic N) is 1. The van der Waals surface area contributed by atoms with Crippen LogP contribution in [0, 0.1) is 0 Å². The molecule has 0 aromatic carbocycles. The average Bonchev–Trinajstić information content (AvgIpc) is 2.87. The van der Waals surface area contributed by atoms with Gasteiger partial charge in [0.2, 0.25) is 0 Å². The first kappa shape index (κ1) is 37.1. The molecule has 0 saturated carbocycles. The summed E-state index contributed by atoms with van der Waals surface area (Å²) in [5.41, 5.74) is 0. The summed E-state index contributed by atoms with van der Waals surface area (Å²) in [4.78, 5) is 33.1. The summed E-state index contributed by atoms with van der Waals surface area (Å²) in [5, 5.41) is 29.1. The second-order valence-electron chi connectivity index (χ2n) is 11.4. The summed E-state index contributed by atoms with van der Waals surface area (Å²) in [5.74, 6) is -2.74. The first-order valence-electron chi connectivity index (χ1n) is 15.9. The number of unbranched alkanes of at least 4 members (excludes halogenated alkanes) is 14. The van der Waals surface area contributed by atoms with Gasteiger partial charge in [-0.25, -0.2) is 0 Å². The fourth-order valence-corrected chi connectivity index (χ4v) is 5.42. The second-order valence-corrected chi connectivity index (χ2v) is 11.4. The highest BCUT2D eigenvalue weighted by Gasteiger charge is 2.26. The number of quaternary nitrogens is 1. The van der Waals surface area contributed by atoms with Gasteiger partial charge in [-0.1, -0.05) is 89.7 Å². The zero-order valence-electron chi connectivity index (χ0n) is 25.0. The molecule has 0 atom stereocenters. The number of carbonyl (C=O) groups excluding carboxylic acids is 1. The van der Waals surface area contributed by atoms with Gasteiger partial charge in [-0.05, 0) is 38.5 Å². The fraction of sp³-hybridized carbons (Fsp3) is 0.844. The van der Waals surface area contributed by atoms with Gasteiger partial charge < -0.3 is 24.6 Å². The second kappa shape index (κ2) is 26.3. The third-order valence-electron chi connectivity index (χ3n) is 7.68. The Labute approximate surface area is 238 Å². The van der Waals surface area contributed by atoms with Crippen LogP contribution in [0.1, 0.15) is 148 Å². The third-order valence-corrected chi connectivity index (χ3v) is 7.68. The Bertz CT molecular complexity index is 598. The van der Waals surface area contributed by atoms with Gasteiger partial charge in [-0.3, -0.25) is 9.59 Å². The number of rotatable bonds is 30. The molecule has 0 radical (unpaired) electrons. The number of hydrogen-bond acceptors (Lipinski definition) is 4. The Balaban J connectivity index is 4.15. The molecule has 7 heteroatoms. The topological polar surface area (TPSA) is 115 Å². The lowest BCUT2D eigenvalue weighted by molar-refractivity contribution is -0.929. The van der Waals surface area contributed by atoms with E-state index in [-0.39, 0.29) is 19.3 Å². The van der Waals surface area contributed by atoms with Crippen molar-refractivity contribution in [1.29, 1.82) is 0 Å². The number of allylic oxidation sites excluding steroid dienone is 2. The van der Waals surface area contributed by atoms with E-state index in [0.717, 1.165) is 19.4 Å². The van der Waals surface area contributed by atoms with Gasteiger partial charge in [0.1, 0.15) is 0 Å². The molecular weight excluding hydrogens is 494 g/mol. The Morgan fingerprint density at radius 3 is 1.31 bits per heavy atom. The van der Waals surface area contributed by atoms with E-state index in [4.69, 9.17) is 10.2 Å². The van der Waals surface area contributed by atoms with E-state index in [1.165, 1.54) is 89.9 Å². The molecule has 0 heterocycles. The Morgan fingerprint density at radius 1 is 0.538 bits per heavy atom. The molecule has 0 unspecified atom stereocenters. The van der Waals surface area contributed by atoms with E-state index < -0.39 is 17.9 Å². The molecule has 2 N–H and O–H groups in total. The molecule has 0 spiro atoms. The van der Waals surface area contributed by atoms with Gasteiger partial charge in [0.05, 0.1) is 39.0 Å². The van der Waals surface area contributed by atoms with Crippen molar-refractivity contribution in [3.8, 4) is 0 Å². The molecule has 0 aromatic rings. The molecule has 228 valence electrons. The summed E-state index contributed by atoms with van der Waals surface area (Å²) in [6.45, 7) is 4.99. The molecule has 0 aliphatic carbocycles. The highest BCUT2D eigenvalue weighted by Crippen LogP contribution is 2.19. The molecule has 0 bridgehead atoms. The maximum absolute atomic E-state index is 11.1. The summed E-state index contributed by atoms with van der Waals surface area (Å²) < 4.78 is 0.614. The summed E-state index contributed by atoms with van der Waals surface area (Å²) in [6, 6.07) is 0. The standard InChI is InChI=1S/C32H59NO6/c1-2-3-4-5-6-7-8-9-10-11-12-13-14-15-16-17-18-19-26-33(27-20-23-30(34)35,28-21-24-31(36)37)29-22-25-32(38)39/h4-5H,2-3,6-29H2,1H3,(H2-,34,35,36,37,38,39)/b5-4+. The van der Waals surface area contributed by atoms with Crippen molar-refractivity contribution < 1.29 is 34.2 Å². The normalized spacial score (nSPS) is 11.8. The molecule has 0 fully saturated rings. The van der Waals surface area contributed by atoms with Crippen LogP contribution < -0.4 is 5.11 Å². The predicted molar refractivity (Wildman–Crippen MR) is 156 cm³/mol. The Kier molecular flexibility index (Phi) is 25.1. The molecule has 0 saturated heterocycles. The van der Waals surface area contributed by atoms with Crippen LogP contribution in [0.5, 0.6) is 0 Å². The molecular formula is C32H59NO6. The van der Waals surface area contributed by atoms with Crippen LogP contribution >= 0.6 is 0 Å². The summed E-state index contributed by atoms with van der Waals surface area (Å²) >= 11 is 0. The number of carboxylic acids is 3. The van der Waals surface area contributed by atoms with E-state index in [9.17, 15) is 19.5 Å². The maximum atomic E-state index is 11.1. The van der Waals surface area contributed by atoms with Crippen molar-refractivity contribution in [3.63, 3.8) is 0 Å². The van der Waals surface area contributed by atoms with Crippen molar-refractivity contribution in [2.75, 3.05) is 26.2 Å². The highest BCUT2D eigenvalue weighted by molar-refractivity contribution is 5.66. The van der Waals surface area contributed by atoms with Gasteiger partial charge >= 0.3 is 11.9 Å². The van der Waals surface area contributed by atoms with Crippen molar-refractivity contribution in [2.24, 2.45) is 0 Å². The van der Waals surface area contributed by atoms with Crippen molar-refractivity contribution in [1.82, 2.24) is 0 Å². The molecule has 0 aliphatic rings. The van der Waals surface area contributed by atoms with Gasteiger partial charge in [-0.2, -0.15) is 0 Å². The van der Waals surface area contributed by atoms with E-state index >= 15 is 0 Å². The van der Waals surface area contributed by atoms with Crippen LogP contribution in [0.4, 0.5) is 0 Å². The number of aliphatic carboxylic acids is 3. The third kappa shape index (κ3) is 26.1. The minimum Gasteiger partial charge on any atom is -0.550 e. The van der Waals surface area contributed by atoms with E-state index in [0.29, 0.717) is 43.4 Å². The summed E-state index contributed by atoms with van der Waals surface area (Å²) in [7, 11) is 0. The van der Waals surface area contributed by atoms with Crippen LogP contribution in [-0.2, 0) is 14.4 Å². The zero-order chi connectivity index (χ0) is 29.0. The number of carboxylic acid groups (broad SMARTS) is 3. The minimum atomic E-state index is -1.07. The lowest BCUT2D eigenvalue weighted by Gasteiger charge is -2.39. The fourth-order valence-electron chi connectivity index (χ4n) is 5.42. The molecule has 0 aromatic heterocycles. The van der Waals surface area contributed by atoms with E-state index in [2.05, 4.69) is 19.1 Å².